The molecule has 0 aromatic heterocycles. The summed E-state index contributed by atoms with van der Waals surface area (Å²) in [4.78, 5) is 15.5. The second-order valence-corrected chi connectivity index (χ2v) is 7.32. The summed E-state index contributed by atoms with van der Waals surface area (Å²) in [6, 6.07) is 7.31. The quantitative estimate of drug-likeness (QED) is 0.632. The van der Waals surface area contributed by atoms with Crippen molar-refractivity contribution in [2.24, 2.45) is 17.3 Å². The van der Waals surface area contributed by atoms with Gasteiger partial charge in [0.1, 0.15) is 11.5 Å². The van der Waals surface area contributed by atoms with Gasteiger partial charge in [-0.05, 0) is 74.9 Å². The standard InChI is InChI=1S/C19H25NO3/c1-22-15-3-5-16(6-4-15)23-18(21)19(9-2-10-19)17-13-20-11-7-14(17)8-12-20/h3-6,14,17H,2,7-13H2,1H3. The predicted octanol–water partition coefficient (Wildman–Crippen LogP) is 3.11. The molecule has 1 aromatic rings. The van der Waals surface area contributed by atoms with E-state index in [1.807, 2.05) is 24.3 Å². The molecular formula is C19H25NO3. The van der Waals surface area contributed by atoms with Crippen LogP contribution in [0.1, 0.15) is 32.1 Å². The summed E-state index contributed by atoms with van der Waals surface area (Å²) in [5.74, 6) is 2.60. The topological polar surface area (TPSA) is 38.8 Å². The molecular weight excluding hydrogens is 290 g/mol. The summed E-state index contributed by atoms with van der Waals surface area (Å²) in [7, 11) is 1.64. The highest BCUT2D eigenvalue weighted by atomic mass is 16.5. The molecule has 3 heterocycles. The van der Waals surface area contributed by atoms with Crippen molar-refractivity contribution in [3.63, 3.8) is 0 Å². The number of esters is 1. The van der Waals surface area contributed by atoms with Crippen LogP contribution in [0.2, 0.25) is 0 Å². The van der Waals surface area contributed by atoms with Crippen LogP contribution in [0.15, 0.2) is 24.3 Å². The molecule has 4 nitrogen and oxygen atoms in total. The van der Waals surface area contributed by atoms with E-state index in [-0.39, 0.29) is 11.4 Å². The molecule has 3 saturated heterocycles. The molecule has 1 unspecified atom stereocenters. The van der Waals surface area contributed by atoms with Crippen molar-refractivity contribution in [2.75, 3.05) is 26.7 Å². The van der Waals surface area contributed by atoms with E-state index in [2.05, 4.69) is 4.90 Å². The summed E-state index contributed by atoms with van der Waals surface area (Å²) in [5.41, 5.74) is -0.232. The number of nitrogens with zero attached hydrogens (tertiary/aromatic N) is 1. The van der Waals surface area contributed by atoms with Crippen molar-refractivity contribution >= 4 is 5.97 Å². The highest BCUT2D eigenvalue weighted by Crippen LogP contribution is 2.54. The summed E-state index contributed by atoms with van der Waals surface area (Å²) >= 11 is 0. The Balaban J connectivity index is 1.50. The highest BCUT2D eigenvalue weighted by molar-refractivity contribution is 5.80. The molecule has 0 amide bonds. The van der Waals surface area contributed by atoms with Gasteiger partial charge in [0.25, 0.3) is 0 Å². The number of hydrogen-bond donors (Lipinski definition) is 0. The van der Waals surface area contributed by atoms with E-state index in [4.69, 9.17) is 9.47 Å². The Bertz CT molecular complexity index is 571. The molecule has 0 spiro atoms. The van der Waals surface area contributed by atoms with Crippen LogP contribution < -0.4 is 9.47 Å². The Morgan fingerprint density at radius 2 is 1.78 bits per heavy atom. The van der Waals surface area contributed by atoms with Crippen molar-refractivity contribution in [1.82, 2.24) is 4.90 Å². The molecule has 5 rings (SSSR count). The first-order chi connectivity index (χ1) is 11.2. The van der Waals surface area contributed by atoms with Crippen molar-refractivity contribution < 1.29 is 14.3 Å². The molecule has 2 bridgehead atoms. The van der Waals surface area contributed by atoms with Gasteiger partial charge in [0.15, 0.2) is 0 Å². The molecule has 0 N–H and O–H groups in total. The third-order valence-corrected chi connectivity index (χ3v) is 6.29. The maximum Gasteiger partial charge on any atom is 0.317 e. The van der Waals surface area contributed by atoms with Gasteiger partial charge in [0.2, 0.25) is 0 Å². The summed E-state index contributed by atoms with van der Waals surface area (Å²) in [6.45, 7) is 3.51. The van der Waals surface area contributed by atoms with Crippen LogP contribution in [0.3, 0.4) is 0 Å². The fraction of sp³-hybridized carbons (Fsp3) is 0.632. The molecule has 124 valence electrons. The number of benzene rings is 1. The first kappa shape index (κ1) is 15.0. The van der Waals surface area contributed by atoms with E-state index in [1.165, 1.54) is 25.9 Å². The molecule has 4 fully saturated rings. The number of carbonyl (C=O) groups is 1. The summed E-state index contributed by atoms with van der Waals surface area (Å²) in [6.07, 6.45) is 5.65. The monoisotopic (exact) mass is 315 g/mol. The molecule has 1 saturated carbocycles. The summed E-state index contributed by atoms with van der Waals surface area (Å²) in [5, 5.41) is 0. The van der Waals surface area contributed by atoms with E-state index >= 15 is 0 Å². The molecule has 1 atom stereocenters. The Labute approximate surface area is 137 Å². The van der Waals surface area contributed by atoms with Gasteiger partial charge in [-0.15, -0.1) is 0 Å². The average Bonchev–Trinajstić information content (AvgIpc) is 2.56. The minimum absolute atomic E-state index is 0.00679. The lowest BCUT2D eigenvalue weighted by atomic mass is 9.55. The van der Waals surface area contributed by atoms with E-state index < -0.39 is 0 Å². The van der Waals surface area contributed by atoms with Gasteiger partial charge in [-0.1, -0.05) is 6.42 Å². The molecule has 3 aliphatic heterocycles. The maximum atomic E-state index is 13.0. The molecule has 1 aliphatic carbocycles. The molecule has 23 heavy (non-hydrogen) atoms. The predicted molar refractivity (Wildman–Crippen MR) is 87.6 cm³/mol. The Hall–Kier alpha value is -1.55. The SMILES string of the molecule is COc1ccc(OC(=O)C2(C3CN4CCC3CC4)CCC2)cc1. The lowest BCUT2D eigenvalue weighted by Crippen LogP contribution is -2.58. The molecule has 1 aromatic carbocycles. The van der Waals surface area contributed by atoms with Crippen LogP contribution in [0.25, 0.3) is 0 Å². The fourth-order valence-corrected chi connectivity index (χ4v) is 4.73. The first-order valence-electron chi connectivity index (χ1n) is 8.80. The second kappa shape index (κ2) is 5.82. The fourth-order valence-electron chi connectivity index (χ4n) is 4.73. The summed E-state index contributed by atoms with van der Waals surface area (Å²) < 4.78 is 10.9. The molecule has 4 heteroatoms. The smallest absolute Gasteiger partial charge is 0.317 e. The van der Waals surface area contributed by atoms with Gasteiger partial charge >= 0.3 is 5.97 Å². The van der Waals surface area contributed by atoms with Gasteiger partial charge < -0.3 is 14.4 Å². The van der Waals surface area contributed by atoms with Crippen LogP contribution in [0.4, 0.5) is 0 Å². The van der Waals surface area contributed by atoms with E-state index in [9.17, 15) is 4.79 Å². The van der Waals surface area contributed by atoms with Crippen LogP contribution in [0, 0.1) is 17.3 Å². The number of piperidine rings is 3. The van der Waals surface area contributed by atoms with Crippen LogP contribution in [-0.2, 0) is 4.79 Å². The molecule has 4 aliphatic rings. The van der Waals surface area contributed by atoms with Crippen molar-refractivity contribution in [1.29, 1.82) is 0 Å². The van der Waals surface area contributed by atoms with Crippen molar-refractivity contribution in [2.45, 2.75) is 32.1 Å². The van der Waals surface area contributed by atoms with Crippen LogP contribution in [0.5, 0.6) is 11.5 Å². The van der Waals surface area contributed by atoms with Gasteiger partial charge in [-0.25, -0.2) is 0 Å². The Kier molecular flexibility index (Phi) is 3.80. The number of hydrogen-bond acceptors (Lipinski definition) is 4. The largest absolute Gasteiger partial charge is 0.497 e. The third-order valence-electron chi connectivity index (χ3n) is 6.29. The lowest BCUT2D eigenvalue weighted by molar-refractivity contribution is -0.165. The van der Waals surface area contributed by atoms with Gasteiger partial charge in [-0.2, -0.15) is 0 Å². The minimum Gasteiger partial charge on any atom is -0.497 e. The zero-order valence-corrected chi connectivity index (χ0v) is 13.8. The normalized spacial score (nSPS) is 31.3. The Morgan fingerprint density at radius 1 is 1.13 bits per heavy atom. The highest BCUT2D eigenvalue weighted by Gasteiger charge is 2.56. The lowest BCUT2D eigenvalue weighted by Gasteiger charge is -2.55. The van der Waals surface area contributed by atoms with E-state index in [0.717, 1.165) is 31.6 Å². The van der Waals surface area contributed by atoms with Gasteiger partial charge in [0.05, 0.1) is 12.5 Å². The Morgan fingerprint density at radius 3 is 2.26 bits per heavy atom. The number of carbonyl (C=O) groups excluding carboxylic acids is 1. The minimum atomic E-state index is -0.232. The van der Waals surface area contributed by atoms with Gasteiger partial charge in [-0.3, -0.25) is 4.79 Å². The van der Waals surface area contributed by atoms with Crippen LogP contribution in [-0.4, -0.2) is 37.6 Å². The van der Waals surface area contributed by atoms with Crippen LogP contribution >= 0.6 is 0 Å². The zero-order chi connectivity index (χ0) is 15.9. The van der Waals surface area contributed by atoms with Crippen molar-refractivity contribution in [3.05, 3.63) is 24.3 Å². The van der Waals surface area contributed by atoms with Gasteiger partial charge in [0, 0.05) is 6.54 Å². The first-order valence-corrected chi connectivity index (χ1v) is 8.80. The average molecular weight is 315 g/mol. The number of methoxy groups -OCH3 is 1. The second-order valence-electron chi connectivity index (χ2n) is 7.32. The number of fused-ring (bicyclic) bond motifs is 3. The molecule has 0 radical (unpaired) electrons. The zero-order valence-electron chi connectivity index (χ0n) is 13.8. The number of rotatable bonds is 4. The maximum absolute atomic E-state index is 13.0. The van der Waals surface area contributed by atoms with Crippen molar-refractivity contribution in [3.8, 4) is 11.5 Å². The number of ether oxygens (including phenoxy) is 2. The third kappa shape index (κ3) is 2.53. The van der Waals surface area contributed by atoms with E-state index in [0.29, 0.717) is 17.6 Å². The van der Waals surface area contributed by atoms with E-state index in [1.54, 1.807) is 7.11 Å².